The number of unbranched alkanes of at least 4 members (excludes halogenated alkanes) is 1. The standard InChI is InChI=1S/C29H29ClN4O2/c1-2-3-6-22-17-24-23-7-4-5-8-25(23)33-27(24)28(34(22)26(35)18-30)19-9-11-21(12-10-19)32-29(36)20-13-15-31-16-14-20/h4-5,7-16,22,28,33H,2-3,6,17-18H2,1H3,(H,32,36)/t22-,28-/m0/s1. The Kier molecular flexibility index (Phi) is 7.05. The van der Waals surface area contributed by atoms with Gasteiger partial charge in [0.15, 0.2) is 0 Å². The maximum Gasteiger partial charge on any atom is 0.255 e. The van der Waals surface area contributed by atoms with Gasteiger partial charge in [-0.2, -0.15) is 0 Å². The molecule has 6 nitrogen and oxygen atoms in total. The van der Waals surface area contributed by atoms with Crippen molar-refractivity contribution < 1.29 is 9.59 Å². The highest BCUT2D eigenvalue weighted by molar-refractivity contribution is 6.27. The molecule has 1 aliphatic heterocycles. The third kappa shape index (κ3) is 4.61. The number of pyridine rings is 1. The zero-order valence-electron chi connectivity index (χ0n) is 20.2. The van der Waals surface area contributed by atoms with Crippen LogP contribution in [0.2, 0.25) is 0 Å². The fraction of sp³-hybridized carbons (Fsp3) is 0.276. The van der Waals surface area contributed by atoms with E-state index in [9.17, 15) is 9.59 Å². The van der Waals surface area contributed by atoms with Crippen molar-refractivity contribution in [1.29, 1.82) is 0 Å². The Morgan fingerprint density at radius 2 is 1.83 bits per heavy atom. The van der Waals surface area contributed by atoms with Gasteiger partial charge in [0, 0.05) is 46.3 Å². The van der Waals surface area contributed by atoms with Crippen molar-refractivity contribution in [1.82, 2.24) is 14.9 Å². The van der Waals surface area contributed by atoms with Crippen LogP contribution in [0.5, 0.6) is 0 Å². The average molecular weight is 501 g/mol. The predicted octanol–water partition coefficient (Wildman–Crippen LogP) is 6.09. The van der Waals surface area contributed by atoms with Crippen LogP contribution in [0.4, 0.5) is 5.69 Å². The summed E-state index contributed by atoms with van der Waals surface area (Å²) in [6.07, 6.45) is 7.03. The number of anilines is 1. The van der Waals surface area contributed by atoms with E-state index < -0.39 is 0 Å². The lowest BCUT2D eigenvalue weighted by Gasteiger charge is -2.42. The lowest BCUT2D eigenvalue weighted by Crippen LogP contribution is -2.48. The van der Waals surface area contributed by atoms with Crippen molar-refractivity contribution in [3.63, 3.8) is 0 Å². The minimum absolute atomic E-state index is 0.0608. The molecule has 0 saturated carbocycles. The first-order chi connectivity index (χ1) is 17.6. The maximum absolute atomic E-state index is 13.2. The van der Waals surface area contributed by atoms with Crippen molar-refractivity contribution in [3.05, 3.63) is 95.4 Å². The van der Waals surface area contributed by atoms with Crippen LogP contribution in [0.1, 0.15) is 59.4 Å². The van der Waals surface area contributed by atoms with Gasteiger partial charge < -0.3 is 15.2 Å². The second-order valence-electron chi connectivity index (χ2n) is 9.21. The number of nitrogens with one attached hydrogen (secondary N) is 2. The Balaban J connectivity index is 1.53. The van der Waals surface area contributed by atoms with Gasteiger partial charge in [0.2, 0.25) is 5.91 Å². The highest BCUT2D eigenvalue weighted by atomic mass is 35.5. The maximum atomic E-state index is 13.2. The number of H-pyrrole nitrogens is 1. The molecule has 0 radical (unpaired) electrons. The lowest BCUT2D eigenvalue weighted by molar-refractivity contribution is -0.133. The molecule has 0 bridgehead atoms. The third-order valence-electron chi connectivity index (χ3n) is 6.95. The molecule has 0 unspecified atom stereocenters. The van der Waals surface area contributed by atoms with Crippen LogP contribution >= 0.6 is 11.6 Å². The number of fused-ring (bicyclic) bond motifs is 3. The molecule has 7 heteroatoms. The molecule has 0 fully saturated rings. The van der Waals surface area contributed by atoms with Gasteiger partial charge in [0.1, 0.15) is 5.88 Å². The number of nitrogens with zero attached hydrogens (tertiary/aromatic N) is 2. The third-order valence-corrected chi connectivity index (χ3v) is 7.18. The summed E-state index contributed by atoms with van der Waals surface area (Å²) in [6.45, 7) is 2.17. The van der Waals surface area contributed by atoms with E-state index in [2.05, 4.69) is 40.4 Å². The van der Waals surface area contributed by atoms with E-state index in [0.29, 0.717) is 11.3 Å². The van der Waals surface area contributed by atoms with Crippen LogP contribution in [-0.4, -0.2) is 38.6 Å². The summed E-state index contributed by atoms with van der Waals surface area (Å²) in [5, 5.41) is 4.14. The number of alkyl halides is 1. The van der Waals surface area contributed by atoms with Crippen molar-refractivity contribution in [2.45, 2.75) is 44.7 Å². The molecule has 1 aliphatic rings. The van der Waals surface area contributed by atoms with Gasteiger partial charge in [0.05, 0.1) is 6.04 Å². The van der Waals surface area contributed by atoms with Gasteiger partial charge >= 0.3 is 0 Å². The molecule has 2 atom stereocenters. The highest BCUT2D eigenvalue weighted by Crippen LogP contribution is 2.42. The van der Waals surface area contributed by atoms with E-state index in [4.69, 9.17) is 11.6 Å². The molecule has 0 saturated heterocycles. The highest BCUT2D eigenvalue weighted by Gasteiger charge is 2.39. The lowest BCUT2D eigenvalue weighted by atomic mass is 9.86. The van der Waals surface area contributed by atoms with E-state index >= 15 is 0 Å². The molecule has 2 aromatic heterocycles. The number of halogens is 1. The van der Waals surface area contributed by atoms with Crippen molar-refractivity contribution in [2.24, 2.45) is 0 Å². The van der Waals surface area contributed by atoms with E-state index in [1.807, 2.05) is 35.2 Å². The summed E-state index contributed by atoms with van der Waals surface area (Å²) in [5.74, 6) is -0.323. The number of hydrogen-bond donors (Lipinski definition) is 2. The largest absolute Gasteiger partial charge is 0.356 e. The quantitative estimate of drug-likeness (QED) is 0.301. The molecule has 0 spiro atoms. The van der Waals surface area contributed by atoms with Crippen LogP contribution < -0.4 is 5.32 Å². The van der Waals surface area contributed by atoms with Gasteiger partial charge in [-0.25, -0.2) is 0 Å². The molecule has 4 aromatic rings. The summed E-state index contributed by atoms with van der Waals surface area (Å²) in [4.78, 5) is 35.4. The smallest absolute Gasteiger partial charge is 0.255 e. The molecule has 2 N–H and O–H groups in total. The van der Waals surface area contributed by atoms with Crippen LogP contribution in [0.25, 0.3) is 10.9 Å². The monoisotopic (exact) mass is 500 g/mol. The number of para-hydroxylation sites is 1. The van der Waals surface area contributed by atoms with E-state index in [1.165, 1.54) is 10.9 Å². The zero-order valence-corrected chi connectivity index (χ0v) is 21.0. The van der Waals surface area contributed by atoms with Crippen LogP contribution in [0, 0.1) is 0 Å². The Hall–Kier alpha value is -3.64. The van der Waals surface area contributed by atoms with Crippen LogP contribution in [0.15, 0.2) is 73.1 Å². The Bertz CT molecular complexity index is 1370. The van der Waals surface area contributed by atoms with Crippen molar-refractivity contribution in [2.75, 3.05) is 11.2 Å². The first-order valence-electron chi connectivity index (χ1n) is 12.4. The Labute approximate surface area is 215 Å². The summed E-state index contributed by atoms with van der Waals surface area (Å²) in [7, 11) is 0. The second kappa shape index (κ2) is 10.5. The molecule has 2 aromatic carbocycles. The van der Waals surface area contributed by atoms with Gasteiger partial charge in [-0.05, 0) is 54.3 Å². The summed E-state index contributed by atoms with van der Waals surface area (Å²) in [6, 6.07) is 19.2. The fourth-order valence-corrected chi connectivity index (χ4v) is 5.38. The molecular weight excluding hydrogens is 472 g/mol. The van der Waals surface area contributed by atoms with Gasteiger partial charge in [0.25, 0.3) is 5.91 Å². The number of aromatic nitrogens is 2. The number of hydrogen-bond acceptors (Lipinski definition) is 3. The SMILES string of the molecule is CCCC[C@H]1Cc2c([nH]c3ccccc23)[C@H](c2ccc(NC(=O)c3ccncc3)cc2)N1C(=O)CCl. The van der Waals surface area contributed by atoms with Gasteiger partial charge in [-0.1, -0.05) is 50.1 Å². The molecule has 0 aliphatic carbocycles. The minimum Gasteiger partial charge on any atom is -0.356 e. The van der Waals surface area contributed by atoms with E-state index in [0.717, 1.165) is 42.5 Å². The normalized spacial score (nSPS) is 17.1. The number of carbonyl (C=O) groups excluding carboxylic acids is 2. The summed E-state index contributed by atoms with van der Waals surface area (Å²) >= 11 is 6.13. The number of aromatic amines is 1. The molecule has 5 rings (SSSR count). The predicted molar refractivity (Wildman–Crippen MR) is 143 cm³/mol. The Morgan fingerprint density at radius 1 is 1.08 bits per heavy atom. The molecule has 2 amide bonds. The summed E-state index contributed by atoms with van der Waals surface area (Å²) in [5.41, 5.74) is 5.58. The first kappa shape index (κ1) is 24.1. The van der Waals surface area contributed by atoms with Crippen molar-refractivity contribution >= 4 is 40.0 Å². The molecule has 3 heterocycles. The zero-order chi connectivity index (χ0) is 25.1. The number of amides is 2. The average Bonchev–Trinajstić information content (AvgIpc) is 3.30. The Morgan fingerprint density at radius 3 is 2.56 bits per heavy atom. The van der Waals surface area contributed by atoms with Crippen LogP contribution in [-0.2, 0) is 11.2 Å². The second-order valence-corrected chi connectivity index (χ2v) is 9.48. The molecular formula is C29H29ClN4O2. The van der Waals surface area contributed by atoms with Crippen LogP contribution in [0.3, 0.4) is 0 Å². The molecule has 36 heavy (non-hydrogen) atoms. The summed E-state index contributed by atoms with van der Waals surface area (Å²) < 4.78 is 0. The first-order valence-corrected chi connectivity index (χ1v) is 12.9. The van der Waals surface area contributed by atoms with E-state index in [1.54, 1.807) is 24.5 Å². The van der Waals surface area contributed by atoms with E-state index in [-0.39, 0.29) is 29.8 Å². The number of carbonyl (C=O) groups is 2. The van der Waals surface area contributed by atoms with Crippen molar-refractivity contribution in [3.8, 4) is 0 Å². The minimum atomic E-state index is -0.279. The topological polar surface area (TPSA) is 78.1 Å². The van der Waals surface area contributed by atoms with Gasteiger partial charge in [-0.15, -0.1) is 11.6 Å². The van der Waals surface area contributed by atoms with Gasteiger partial charge in [-0.3, -0.25) is 14.6 Å². The number of benzene rings is 2. The number of rotatable bonds is 7. The fourth-order valence-electron chi connectivity index (χ4n) is 5.24. The molecule has 184 valence electrons.